The van der Waals surface area contributed by atoms with Crippen LogP contribution < -0.4 is 14.8 Å². The second-order valence-electron chi connectivity index (χ2n) is 7.82. The lowest BCUT2D eigenvalue weighted by molar-refractivity contribution is 0.181. The number of carbonyl (C=O) groups is 1. The Hall–Kier alpha value is -3.54. The Labute approximate surface area is 189 Å². The Morgan fingerprint density at radius 3 is 2.41 bits per heavy atom. The number of nitrogens with zero attached hydrogens (tertiary/aromatic N) is 2. The Bertz CT molecular complexity index is 1000. The van der Waals surface area contributed by atoms with Gasteiger partial charge in [0.25, 0.3) is 0 Å². The molecule has 1 fully saturated rings. The molecule has 1 N–H and O–H groups in total. The number of likely N-dealkylation sites (tertiary alicyclic amines) is 1. The van der Waals surface area contributed by atoms with Crippen LogP contribution >= 0.6 is 0 Å². The maximum absolute atomic E-state index is 12.6. The van der Waals surface area contributed by atoms with E-state index in [0.717, 1.165) is 31.5 Å². The van der Waals surface area contributed by atoms with Crippen LogP contribution in [0, 0.1) is 0 Å². The molecule has 6 nitrogen and oxygen atoms in total. The SMILES string of the molecule is CCOc1ccccc1Oc1ccc(CNC(=O)N2CCC(c3ccccc3)CC2)cn1. The van der Waals surface area contributed by atoms with Crippen molar-refractivity contribution in [1.29, 1.82) is 0 Å². The molecule has 4 rings (SSSR count). The third-order valence-corrected chi connectivity index (χ3v) is 5.66. The van der Waals surface area contributed by atoms with Crippen molar-refractivity contribution in [2.75, 3.05) is 19.7 Å². The standard InChI is InChI=1S/C26H29N3O3/c1-2-31-23-10-6-7-11-24(23)32-25-13-12-20(18-27-25)19-28-26(30)29-16-14-22(15-17-29)21-8-4-3-5-9-21/h3-13,18,22H,2,14-17,19H2,1H3,(H,28,30). The van der Waals surface area contributed by atoms with Crippen LogP contribution in [-0.4, -0.2) is 35.6 Å². The van der Waals surface area contributed by atoms with Gasteiger partial charge in [-0.15, -0.1) is 0 Å². The maximum atomic E-state index is 12.6. The lowest BCUT2D eigenvalue weighted by Gasteiger charge is -2.32. The largest absolute Gasteiger partial charge is 0.490 e. The molecular weight excluding hydrogens is 402 g/mol. The molecule has 0 radical (unpaired) electrons. The summed E-state index contributed by atoms with van der Waals surface area (Å²) in [6, 6.07) is 21.8. The molecule has 6 heteroatoms. The number of hydrogen-bond donors (Lipinski definition) is 1. The van der Waals surface area contributed by atoms with E-state index in [0.29, 0.717) is 36.4 Å². The van der Waals surface area contributed by atoms with E-state index in [4.69, 9.17) is 9.47 Å². The zero-order chi connectivity index (χ0) is 22.2. The van der Waals surface area contributed by atoms with Crippen molar-refractivity contribution in [3.63, 3.8) is 0 Å². The topological polar surface area (TPSA) is 63.7 Å². The van der Waals surface area contributed by atoms with Crippen molar-refractivity contribution in [3.05, 3.63) is 84.1 Å². The maximum Gasteiger partial charge on any atom is 0.317 e. The van der Waals surface area contributed by atoms with Crippen LogP contribution in [0.5, 0.6) is 17.4 Å². The molecule has 32 heavy (non-hydrogen) atoms. The van der Waals surface area contributed by atoms with Crippen molar-refractivity contribution in [1.82, 2.24) is 15.2 Å². The second-order valence-corrected chi connectivity index (χ2v) is 7.82. The number of rotatable bonds is 7. The first-order valence-corrected chi connectivity index (χ1v) is 11.1. The predicted octanol–water partition coefficient (Wildman–Crippen LogP) is 5.36. The summed E-state index contributed by atoms with van der Waals surface area (Å²) in [5.74, 6) is 2.33. The van der Waals surface area contributed by atoms with E-state index in [1.54, 1.807) is 12.3 Å². The Morgan fingerprint density at radius 2 is 1.72 bits per heavy atom. The highest BCUT2D eigenvalue weighted by atomic mass is 16.5. The van der Waals surface area contributed by atoms with Crippen molar-refractivity contribution in [2.24, 2.45) is 0 Å². The number of benzene rings is 2. The summed E-state index contributed by atoms with van der Waals surface area (Å²) in [4.78, 5) is 18.8. The first kappa shape index (κ1) is 21.7. The van der Waals surface area contributed by atoms with E-state index in [1.807, 2.05) is 48.2 Å². The van der Waals surface area contributed by atoms with Crippen LogP contribution in [0.4, 0.5) is 4.79 Å². The van der Waals surface area contributed by atoms with Crippen molar-refractivity contribution in [2.45, 2.75) is 32.2 Å². The molecule has 0 aliphatic carbocycles. The number of aromatic nitrogens is 1. The summed E-state index contributed by atoms with van der Waals surface area (Å²) >= 11 is 0. The van der Waals surface area contributed by atoms with Gasteiger partial charge in [-0.25, -0.2) is 9.78 Å². The summed E-state index contributed by atoms with van der Waals surface area (Å²) in [5, 5.41) is 3.00. The van der Waals surface area contributed by atoms with E-state index in [9.17, 15) is 4.79 Å². The van der Waals surface area contributed by atoms with Gasteiger partial charge in [-0.2, -0.15) is 0 Å². The second kappa shape index (κ2) is 10.7. The van der Waals surface area contributed by atoms with E-state index in [2.05, 4.69) is 34.6 Å². The fraction of sp³-hybridized carbons (Fsp3) is 0.308. The quantitative estimate of drug-likeness (QED) is 0.547. The van der Waals surface area contributed by atoms with Crippen LogP contribution in [0.25, 0.3) is 0 Å². The number of piperidine rings is 1. The van der Waals surface area contributed by atoms with Crippen LogP contribution in [0.15, 0.2) is 72.9 Å². The summed E-state index contributed by atoms with van der Waals surface area (Å²) in [7, 11) is 0. The molecule has 3 aromatic rings. The monoisotopic (exact) mass is 431 g/mol. The number of urea groups is 1. The fourth-order valence-corrected chi connectivity index (χ4v) is 3.93. The van der Waals surface area contributed by atoms with E-state index >= 15 is 0 Å². The normalized spacial score (nSPS) is 14.1. The Morgan fingerprint density at radius 1 is 1.00 bits per heavy atom. The number of para-hydroxylation sites is 2. The zero-order valence-corrected chi connectivity index (χ0v) is 18.4. The number of nitrogens with one attached hydrogen (secondary N) is 1. The average Bonchev–Trinajstić information content (AvgIpc) is 2.85. The zero-order valence-electron chi connectivity index (χ0n) is 18.4. The van der Waals surface area contributed by atoms with Gasteiger partial charge in [0.05, 0.1) is 6.61 Å². The number of hydrogen-bond acceptors (Lipinski definition) is 4. The summed E-state index contributed by atoms with van der Waals surface area (Å²) in [6.45, 7) is 4.48. The highest BCUT2D eigenvalue weighted by Gasteiger charge is 2.23. The minimum Gasteiger partial charge on any atom is -0.490 e. The molecule has 0 spiro atoms. The van der Waals surface area contributed by atoms with Crippen LogP contribution in [0.1, 0.15) is 36.8 Å². The lowest BCUT2D eigenvalue weighted by atomic mass is 9.90. The summed E-state index contributed by atoms with van der Waals surface area (Å²) in [6.07, 6.45) is 3.71. The average molecular weight is 432 g/mol. The highest BCUT2D eigenvalue weighted by Crippen LogP contribution is 2.30. The third kappa shape index (κ3) is 5.58. The van der Waals surface area contributed by atoms with Crippen LogP contribution in [0.2, 0.25) is 0 Å². The lowest BCUT2D eigenvalue weighted by Crippen LogP contribution is -2.43. The fourth-order valence-electron chi connectivity index (χ4n) is 3.93. The number of carbonyl (C=O) groups excluding carboxylic acids is 1. The Kier molecular flexibility index (Phi) is 7.23. The van der Waals surface area contributed by atoms with Crippen molar-refractivity contribution >= 4 is 6.03 Å². The molecule has 0 saturated carbocycles. The molecule has 0 bridgehead atoms. The molecule has 2 aromatic carbocycles. The Balaban J connectivity index is 1.25. The first-order valence-electron chi connectivity index (χ1n) is 11.1. The molecule has 1 saturated heterocycles. The van der Waals surface area contributed by atoms with Gasteiger partial charge in [-0.05, 0) is 48.9 Å². The van der Waals surface area contributed by atoms with Gasteiger partial charge in [0.2, 0.25) is 5.88 Å². The van der Waals surface area contributed by atoms with Gasteiger partial charge in [0.1, 0.15) is 0 Å². The molecule has 166 valence electrons. The van der Waals surface area contributed by atoms with E-state index < -0.39 is 0 Å². The molecule has 1 aliphatic heterocycles. The molecule has 0 unspecified atom stereocenters. The minimum atomic E-state index is -0.0255. The molecule has 2 amide bonds. The molecule has 0 atom stereocenters. The van der Waals surface area contributed by atoms with E-state index in [-0.39, 0.29) is 6.03 Å². The van der Waals surface area contributed by atoms with Gasteiger partial charge in [0.15, 0.2) is 11.5 Å². The number of ether oxygens (including phenoxy) is 2. The van der Waals surface area contributed by atoms with Gasteiger partial charge >= 0.3 is 6.03 Å². The van der Waals surface area contributed by atoms with Gasteiger partial charge in [-0.1, -0.05) is 48.5 Å². The third-order valence-electron chi connectivity index (χ3n) is 5.66. The number of pyridine rings is 1. The predicted molar refractivity (Wildman–Crippen MR) is 124 cm³/mol. The van der Waals surface area contributed by atoms with Crippen molar-refractivity contribution in [3.8, 4) is 17.4 Å². The van der Waals surface area contributed by atoms with Crippen molar-refractivity contribution < 1.29 is 14.3 Å². The van der Waals surface area contributed by atoms with E-state index in [1.165, 1.54) is 5.56 Å². The van der Waals surface area contributed by atoms with Gasteiger partial charge in [-0.3, -0.25) is 0 Å². The van der Waals surface area contributed by atoms with Crippen LogP contribution in [0.3, 0.4) is 0 Å². The molecule has 1 aliphatic rings. The minimum absolute atomic E-state index is 0.0255. The van der Waals surface area contributed by atoms with Gasteiger partial charge < -0.3 is 19.7 Å². The number of amides is 2. The smallest absolute Gasteiger partial charge is 0.317 e. The molecule has 2 heterocycles. The first-order chi connectivity index (χ1) is 15.7. The van der Waals surface area contributed by atoms with Gasteiger partial charge in [0, 0.05) is 31.9 Å². The highest BCUT2D eigenvalue weighted by molar-refractivity contribution is 5.74. The summed E-state index contributed by atoms with van der Waals surface area (Å²) < 4.78 is 11.4. The summed E-state index contributed by atoms with van der Waals surface area (Å²) in [5.41, 5.74) is 2.28. The van der Waals surface area contributed by atoms with Crippen LogP contribution in [-0.2, 0) is 6.54 Å². The molecular formula is C26H29N3O3. The molecule has 1 aromatic heterocycles.